The molecule has 0 spiro atoms. The Morgan fingerprint density at radius 1 is 0.923 bits per heavy atom. The average Bonchev–Trinajstić information content (AvgIpc) is 2.73. The SMILES string of the molecule is O=CC(Br)N1CCN(c2ccc(-c3ccc4ccccc4n3)cc2)CC1. The molecule has 2 heterocycles. The number of benzene rings is 2. The van der Waals surface area contributed by atoms with Crippen molar-refractivity contribution in [2.75, 3.05) is 31.1 Å². The average molecular weight is 410 g/mol. The number of para-hydroxylation sites is 1. The van der Waals surface area contributed by atoms with Crippen molar-refractivity contribution in [3.8, 4) is 11.3 Å². The van der Waals surface area contributed by atoms with Gasteiger partial charge in [0.25, 0.3) is 0 Å². The zero-order chi connectivity index (χ0) is 17.9. The van der Waals surface area contributed by atoms with E-state index in [1.54, 1.807) is 0 Å². The van der Waals surface area contributed by atoms with Gasteiger partial charge in [0.05, 0.1) is 11.2 Å². The highest BCUT2D eigenvalue weighted by atomic mass is 79.9. The predicted molar refractivity (Wildman–Crippen MR) is 110 cm³/mol. The van der Waals surface area contributed by atoms with Gasteiger partial charge in [-0.15, -0.1) is 0 Å². The first kappa shape index (κ1) is 17.2. The zero-order valence-electron chi connectivity index (χ0n) is 14.4. The number of hydrogen-bond acceptors (Lipinski definition) is 4. The fraction of sp³-hybridized carbons (Fsp3) is 0.238. The lowest BCUT2D eigenvalue weighted by atomic mass is 10.1. The van der Waals surface area contributed by atoms with Gasteiger partial charge >= 0.3 is 0 Å². The van der Waals surface area contributed by atoms with Crippen molar-refractivity contribution in [2.24, 2.45) is 0 Å². The van der Waals surface area contributed by atoms with Crippen molar-refractivity contribution in [3.05, 3.63) is 60.7 Å². The van der Waals surface area contributed by atoms with Gasteiger partial charge in [-0.25, -0.2) is 4.98 Å². The van der Waals surface area contributed by atoms with Crippen LogP contribution in [-0.2, 0) is 4.79 Å². The molecule has 1 aliphatic heterocycles. The van der Waals surface area contributed by atoms with Crippen LogP contribution in [0.3, 0.4) is 0 Å². The molecule has 4 nitrogen and oxygen atoms in total. The number of anilines is 1. The van der Waals surface area contributed by atoms with Crippen molar-refractivity contribution in [1.82, 2.24) is 9.88 Å². The largest absolute Gasteiger partial charge is 0.369 e. The molecule has 0 aliphatic carbocycles. The number of aldehydes is 1. The Bertz CT molecular complexity index is 905. The molecule has 0 radical (unpaired) electrons. The van der Waals surface area contributed by atoms with Gasteiger partial charge < -0.3 is 9.69 Å². The summed E-state index contributed by atoms with van der Waals surface area (Å²) in [7, 11) is 0. The molecule has 0 saturated carbocycles. The van der Waals surface area contributed by atoms with Gasteiger partial charge in [-0.3, -0.25) is 4.90 Å². The minimum Gasteiger partial charge on any atom is -0.369 e. The molecule has 1 aliphatic rings. The molecule has 1 fully saturated rings. The first-order chi connectivity index (χ1) is 12.7. The number of carbonyl (C=O) groups is 1. The Morgan fingerprint density at radius 3 is 2.38 bits per heavy atom. The van der Waals surface area contributed by atoms with Crippen molar-refractivity contribution in [1.29, 1.82) is 0 Å². The standard InChI is InChI=1S/C21H20BrN3O/c22-21(15-26)25-13-11-24(12-14-25)18-8-5-17(6-9-18)20-10-7-16-3-1-2-4-19(16)23-20/h1-10,15,21H,11-14H2. The summed E-state index contributed by atoms with van der Waals surface area (Å²) >= 11 is 3.40. The van der Waals surface area contributed by atoms with E-state index >= 15 is 0 Å². The monoisotopic (exact) mass is 409 g/mol. The fourth-order valence-electron chi connectivity index (χ4n) is 3.38. The van der Waals surface area contributed by atoms with E-state index in [9.17, 15) is 4.79 Å². The number of fused-ring (bicyclic) bond motifs is 1. The lowest BCUT2D eigenvalue weighted by molar-refractivity contribution is -0.109. The van der Waals surface area contributed by atoms with Gasteiger partial charge in [-0.1, -0.05) is 52.3 Å². The minimum absolute atomic E-state index is 0.175. The molecule has 5 heteroatoms. The van der Waals surface area contributed by atoms with Gasteiger partial charge in [-0.2, -0.15) is 0 Å². The van der Waals surface area contributed by atoms with Crippen molar-refractivity contribution in [3.63, 3.8) is 0 Å². The maximum Gasteiger partial charge on any atom is 0.148 e. The van der Waals surface area contributed by atoms with Crippen LogP contribution in [0.5, 0.6) is 0 Å². The number of piperazine rings is 1. The second kappa shape index (κ2) is 7.56. The van der Waals surface area contributed by atoms with Crippen LogP contribution < -0.4 is 4.90 Å². The molecule has 2 aromatic carbocycles. The van der Waals surface area contributed by atoms with E-state index in [2.05, 4.69) is 68.2 Å². The molecule has 26 heavy (non-hydrogen) atoms. The van der Waals surface area contributed by atoms with Crippen molar-refractivity contribution < 1.29 is 4.79 Å². The van der Waals surface area contributed by atoms with Gasteiger partial charge in [0.1, 0.15) is 11.2 Å². The highest BCUT2D eigenvalue weighted by Crippen LogP contribution is 2.25. The number of rotatable bonds is 4. The van der Waals surface area contributed by atoms with Crippen LogP contribution in [0, 0.1) is 0 Å². The number of hydrogen-bond donors (Lipinski definition) is 0. The summed E-state index contributed by atoms with van der Waals surface area (Å²) in [5.41, 5.74) is 4.35. The van der Waals surface area contributed by atoms with E-state index in [0.29, 0.717) is 0 Å². The van der Waals surface area contributed by atoms with Crippen LogP contribution in [-0.4, -0.2) is 47.3 Å². The molecule has 0 bridgehead atoms. The van der Waals surface area contributed by atoms with E-state index in [1.807, 2.05) is 18.2 Å². The first-order valence-corrected chi connectivity index (χ1v) is 9.71. The topological polar surface area (TPSA) is 36.4 Å². The molecule has 4 rings (SSSR count). The van der Waals surface area contributed by atoms with E-state index in [0.717, 1.165) is 54.6 Å². The predicted octanol–water partition coefficient (Wildman–Crippen LogP) is 3.94. The number of pyridine rings is 1. The van der Waals surface area contributed by atoms with Crippen molar-refractivity contribution >= 4 is 38.8 Å². The lowest BCUT2D eigenvalue weighted by Gasteiger charge is -2.37. The summed E-state index contributed by atoms with van der Waals surface area (Å²) in [4.78, 5) is 20.0. The Balaban J connectivity index is 1.49. The molecule has 1 atom stereocenters. The van der Waals surface area contributed by atoms with Crippen LogP contribution in [0.2, 0.25) is 0 Å². The summed E-state index contributed by atoms with van der Waals surface area (Å²) in [6.07, 6.45) is 0.945. The number of aromatic nitrogens is 1. The second-order valence-electron chi connectivity index (χ2n) is 6.47. The molecule has 3 aromatic rings. The number of nitrogens with zero attached hydrogens (tertiary/aromatic N) is 3. The summed E-state index contributed by atoms with van der Waals surface area (Å²) in [5, 5.41) is 1.16. The summed E-state index contributed by atoms with van der Waals surface area (Å²) in [6, 6.07) is 21.0. The number of alkyl halides is 1. The van der Waals surface area contributed by atoms with Crippen LogP contribution in [0.4, 0.5) is 5.69 Å². The second-order valence-corrected chi connectivity index (χ2v) is 7.41. The number of carbonyl (C=O) groups excluding carboxylic acids is 1. The third-order valence-electron chi connectivity index (χ3n) is 4.90. The molecule has 1 unspecified atom stereocenters. The van der Waals surface area contributed by atoms with Gasteiger partial charge in [0.15, 0.2) is 0 Å². The van der Waals surface area contributed by atoms with Crippen LogP contribution in [0.1, 0.15) is 0 Å². The Labute approximate surface area is 161 Å². The fourth-order valence-corrected chi connectivity index (χ4v) is 3.79. The van der Waals surface area contributed by atoms with Crippen LogP contribution in [0.15, 0.2) is 60.7 Å². The highest BCUT2D eigenvalue weighted by Gasteiger charge is 2.21. The summed E-state index contributed by atoms with van der Waals surface area (Å²) < 4.78 is 0. The van der Waals surface area contributed by atoms with Gasteiger partial charge in [0, 0.05) is 42.8 Å². The molecule has 0 amide bonds. The van der Waals surface area contributed by atoms with E-state index in [-0.39, 0.29) is 4.95 Å². The van der Waals surface area contributed by atoms with E-state index < -0.39 is 0 Å². The Hall–Kier alpha value is -2.24. The maximum atomic E-state index is 10.9. The molecular weight excluding hydrogens is 390 g/mol. The molecule has 1 aromatic heterocycles. The normalized spacial score (nSPS) is 16.6. The third kappa shape index (κ3) is 3.50. The quantitative estimate of drug-likeness (QED) is 0.371. The third-order valence-corrected chi connectivity index (χ3v) is 5.70. The van der Waals surface area contributed by atoms with E-state index in [1.165, 1.54) is 5.69 Å². The summed E-state index contributed by atoms with van der Waals surface area (Å²) in [5.74, 6) is 0. The Kier molecular flexibility index (Phi) is 5.00. The molecule has 1 saturated heterocycles. The lowest BCUT2D eigenvalue weighted by Crippen LogP contribution is -2.49. The van der Waals surface area contributed by atoms with Crippen LogP contribution in [0.25, 0.3) is 22.2 Å². The summed E-state index contributed by atoms with van der Waals surface area (Å²) in [6.45, 7) is 3.60. The van der Waals surface area contributed by atoms with Gasteiger partial charge in [0.2, 0.25) is 0 Å². The molecule has 0 N–H and O–H groups in total. The zero-order valence-corrected chi connectivity index (χ0v) is 16.0. The molecular formula is C21H20BrN3O. The minimum atomic E-state index is -0.175. The smallest absolute Gasteiger partial charge is 0.148 e. The molecule has 132 valence electrons. The number of halogens is 1. The van der Waals surface area contributed by atoms with E-state index in [4.69, 9.17) is 4.98 Å². The highest BCUT2D eigenvalue weighted by molar-refractivity contribution is 9.09. The first-order valence-electron chi connectivity index (χ1n) is 8.79. The Morgan fingerprint density at radius 2 is 1.65 bits per heavy atom. The maximum absolute atomic E-state index is 10.9. The van der Waals surface area contributed by atoms with Gasteiger partial charge in [-0.05, 0) is 24.3 Å². The van der Waals surface area contributed by atoms with Crippen LogP contribution >= 0.6 is 15.9 Å². The van der Waals surface area contributed by atoms with Crippen molar-refractivity contribution in [2.45, 2.75) is 4.95 Å².